The lowest BCUT2D eigenvalue weighted by molar-refractivity contribution is -0.118. The molecule has 0 saturated carbocycles. The maximum atomic E-state index is 12.2. The van der Waals surface area contributed by atoms with Crippen LogP contribution in [0.4, 0.5) is 5.69 Å². The lowest BCUT2D eigenvalue weighted by Gasteiger charge is -2.12. The average molecular weight is 431 g/mol. The third-order valence-electron chi connectivity index (χ3n) is 3.87. The largest absolute Gasteiger partial charge is 0.484 e. The summed E-state index contributed by atoms with van der Waals surface area (Å²) in [6.45, 7) is 4.01. The molecule has 0 aliphatic carbocycles. The van der Waals surface area contributed by atoms with Gasteiger partial charge in [0.25, 0.3) is 5.91 Å². The van der Waals surface area contributed by atoms with Crippen LogP contribution in [-0.2, 0) is 4.79 Å². The van der Waals surface area contributed by atoms with Gasteiger partial charge in [-0.1, -0.05) is 30.3 Å². The number of aryl methyl sites for hydroxylation is 2. The first-order valence-electron chi connectivity index (χ1n) is 7.71. The molecular formula is C20H18INO2. The Balaban J connectivity index is 1.65. The van der Waals surface area contributed by atoms with E-state index in [9.17, 15) is 4.79 Å². The second-order valence-electron chi connectivity index (χ2n) is 5.76. The molecule has 0 aromatic heterocycles. The summed E-state index contributed by atoms with van der Waals surface area (Å²) in [5.41, 5.74) is 3.02. The molecule has 1 N–H and O–H groups in total. The van der Waals surface area contributed by atoms with E-state index in [1.807, 2.05) is 62.4 Å². The standard InChI is InChI=1S/C20H18INO2/c1-13-10-19(14(2)9-18(13)21)22-20(23)12-24-17-8-7-15-5-3-4-6-16(15)11-17/h3-11H,12H2,1-2H3,(H,22,23). The summed E-state index contributed by atoms with van der Waals surface area (Å²) < 4.78 is 6.82. The van der Waals surface area contributed by atoms with Crippen molar-refractivity contribution < 1.29 is 9.53 Å². The number of nitrogens with one attached hydrogen (secondary N) is 1. The Bertz CT molecular complexity index is 905. The number of hydrogen-bond donors (Lipinski definition) is 1. The van der Waals surface area contributed by atoms with Gasteiger partial charge in [0.15, 0.2) is 6.61 Å². The van der Waals surface area contributed by atoms with E-state index >= 15 is 0 Å². The van der Waals surface area contributed by atoms with Crippen LogP contribution in [0, 0.1) is 17.4 Å². The average Bonchev–Trinajstić information content (AvgIpc) is 2.57. The molecule has 0 spiro atoms. The van der Waals surface area contributed by atoms with Crippen LogP contribution in [-0.4, -0.2) is 12.5 Å². The molecular weight excluding hydrogens is 413 g/mol. The number of anilines is 1. The smallest absolute Gasteiger partial charge is 0.262 e. The van der Waals surface area contributed by atoms with Crippen molar-refractivity contribution in [3.63, 3.8) is 0 Å². The van der Waals surface area contributed by atoms with E-state index in [1.165, 1.54) is 3.57 Å². The van der Waals surface area contributed by atoms with Gasteiger partial charge >= 0.3 is 0 Å². The second kappa shape index (κ2) is 7.21. The molecule has 3 aromatic carbocycles. The topological polar surface area (TPSA) is 38.3 Å². The summed E-state index contributed by atoms with van der Waals surface area (Å²) in [5, 5.41) is 5.17. The Kier molecular flexibility index (Phi) is 5.04. The molecule has 3 rings (SSSR count). The minimum absolute atomic E-state index is 0.0111. The van der Waals surface area contributed by atoms with Gasteiger partial charge in [-0.05, 0) is 82.6 Å². The molecule has 0 saturated heterocycles. The van der Waals surface area contributed by atoms with E-state index in [0.717, 1.165) is 27.6 Å². The van der Waals surface area contributed by atoms with Crippen molar-refractivity contribution in [3.8, 4) is 5.75 Å². The zero-order valence-electron chi connectivity index (χ0n) is 13.6. The fourth-order valence-electron chi connectivity index (χ4n) is 2.51. The molecule has 0 fully saturated rings. The van der Waals surface area contributed by atoms with Crippen molar-refractivity contribution in [2.45, 2.75) is 13.8 Å². The summed E-state index contributed by atoms with van der Waals surface area (Å²) in [6, 6.07) is 17.9. The van der Waals surface area contributed by atoms with Crippen LogP contribution in [0.25, 0.3) is 10.8 Å². The molecule has 24 heavy (non-hydrogen) atoms. The molecule has 0 aliphatic heterocycles. The van der Waals surface area contributed by atoms with E-state index in [-0.39, 0.29) is 12.5 Å². The normalized spacial score (nSPS) is 10.6. The van der Waals surface area contributed by atoms with Crippen LogP contribution < -0.4 is 10.1 Å². The first-order chi connectivity index (χ1) is 11.5. The summed E-state index contributed by atoms with van der Waals surface area (Å²) in [5.74, 6) is 0.534. The van der Waals surface area contributed by atoms with Gasteiger partial charge in [-0.25, -0.2) is 0 Å². The lowest BCUT2D eigenvalue weighted by Crippen LogP contribution is -2.20. The van der Waals surface area contributed by atoms with Gasteiger partial charge in [0.1, 0.15) is 5.75 Å². The molecule has 0 unspecified atom stereocenters. The molecule has 0 aliphatic rings. The number of carbonyl (C=O) groups excluding carboxylic acids is 1. The van der Waals surface area contributed by atoms with Crippen molar-refractivity contribution in [2.24, 2.45) is 0 Å². The van der Waals surface area contributed by atoms with Crippen molar-refractivity contribution in [3.05, 3.63) is 69.3 Å². The third-order valence-corrected chi connectivity index (χ3v) is 5.03. The Morgan fingerprint density at radius 3 is 2.54 bits per heavy atom. The first kappa shape index (κ1) is 16.8. The summed E-state index contributed by atoms with van der Waals surface area (Å²) in [4.78, 5) is 12.2. The Hall–Kier alpha value is -2.08. The van der Waals surface area contributed by atoms with Crippen LogP contribution >= 0.6 is 22.6 Å². The number of amides is 1. The summed E-state index contributed by atoms with van der Waals surface area (Å²) >= 11 is 2.29. The van der Waals surface area contributed by atoms with E-state index in [4.69, 9.17) is 4.74 Å². The van der Waals surface area contributed by atoms with Crippen molar-refractivity contribution >= 4 is 45.0 Å². The quantitative estimate of drug-likeness (QED) is 0.586. The van der Waals surface area contributed by atoms with Gasteiger partial charge in [0.2, 0.25) is 0 Å². The molecule has 0 radical (unpaired) electrons. The maximum absolute atomic E-state index is 12.2. The molecule has 4 heteroatoms. The molecule has 1 amide bonds. The Morgan fingerprint density at radius 2 is 1.75 bits per heavy atom. The predicted molar refractivity (Wildman–Crippen MR) is 107 cm³/mol. The maximum Gasteiger partial charge on any atom is 0.262 e. The zero-order chi connectivity index (χ0) is 17.1. The van der Waals surface area contributed by atoms with Gasteiger partial charge in [0.05, 0.1) is 0 Å². The van der Waals surface area contributed by atoms with Gasteiger partial charge in [-0.2, -0.15) is 0 Å². The fourth-order valence-corrected chi connectivity index (χ4v) is 3.13. The highest BCUT2D eigenvalue weighted by molar-refractivity contribution is 14.1. The highest BCUT2D eigenvalue weighted by Gasteiger charge is 2.08. The van der Waals surface area contributed by atoms with Crippen LogP contribution in [0.2, 0.25) is 0 Å². The van der Waals surface area contributed by atoms with Gasteiger partial charge in [0, 0.05) is 9.26 Å². The monoisotopic (exact) mass is 431 g/mol. The van der Waals surface area contributed by atoms with Crippen LogP contribution in [0.1, 0.15) is 11.1 Å². The van der Waals surface area contributed by atoms with Gasteiger partial charge in [-0.3, -0.25) is 4.79 Å². The molecule has 0 atom stereocenters. The number of benzene rings is 3. The molecule has 122 valence electrons. The highest BCUT2D eigenvalue weighted by Crippen LogP contribution is 2.23. The summed E-state index contributed by atoms with van der Waals surface area (Å²) in [6.07, 6.45) is 0. The summed E-state index contributed by atoms with van der Waals surface area (Å²) in [7, 11) is 0. The van der Waals surface area contributed by atoms with Gasteiger partial charge < -0.3 is 10.1 Å². The number of fused-ring (bicyclic) bond motifs is 1. The minimum atomic E-state index is -0.160. The number of ether oxygens (including phenoxy) is 1. The van der Waals surface area contributed by atoms with Crippen LogP contribution in [0.15, 0.2) is 54.6 Å². The van der Waals surface area contributed by atoms with E-state index in [2.05, 4.69) is 34.0 Å². The molecule has 0 heterocycles. The fraction of sp³-hybridized carbons (Fsp3) is 0.150. The number of carbonyl (C=O) groups is 1. The predicted octanol–water partition coefficient (Wildman–Crippen LogP) is 5.08. The Morgan fingerprint density at radius 1 is 1.00 bits per heavy atom. The molecule has 3 nitrogen and oxygen atoms in total. The van der Waals surface area contributed by atoms with E-state index in [1.54, 1.807) is 0 Å². The molecule has 3 aromatic rings. The van der Waals surface area contributed by atoms with E-state index < -0.39 is 0 Å². The van der Waals surface area contributed by atoms with Crippen molar-refractivity contribution in [1.82, 2.24) is 0 Å². The van der Waals surface area contributed by atoms with Crippen LogP contribution in [0.5, 0.6) is 5.75 Å². The molecule has 0 bridgehead atoms. The van der Waals surface area contributed by atoms with Crippen molar-refractivity contribution in [2.75, 3.05) is 11.9 Å². The SMILES string of the molecule is Cc1cc(NC(=O)COc2ccc3ccccc3c2)c(C)cc1I. The third kappa shape index (κ3) is 3.87. The number of rotatable bonds is 4. The number of hydrogen-bond acceptors (Lipinski definition) is 2. The minimum Gasteiger partial charge on any atom is -0.484 e. The first-order valence-corrected chi connectivity index (χ1v) is 8.79. The van der Waals surface area contributed by atoms with Crippen molar-refractivity contribution in [1.29, 1.82) is 0 Å². The van der Waals surface area contributed by atoms with E-state index in [0.29, 0.717) is 5.75 Å². The lowest BCUT2D eigenvalue weighted by atomic mass is 10.1. The number of halogens is 1. The zero-order valence-corrected chi connectivity index (χ0v) is 15.8. The van der Waals surface area contributed by atoms with Crippen LogP contribution in [0.3, 0.4) is 0 Å². The van der Waals surface area contributed by atoms with Gasteiger partial charge in [-0.15, -0.1) is 0 Å². The Labute approximate surface area is 155 Å². The highest BCUT2D eigenvalue weighted by atomic mass is 127. The second-order valence-corrected chi connectivity index (χ2v) is 6.92.